The van der Waals surface area contributed by atoms with E-state index in [-0.39, 0.29) is 26.5 Å². The largest absolute Gasteiger partial charge is 0.264 e. The Hall–Kier alpha value is -2.81. The molecule has 0 aliphatic rings. The van der Waals surface area contributed by atoms with Crippen LogP contribution in [0.15, 0.2) is 88.8 Å². The Kier molecular flexibility index (Phi) is 5.80. The summed E-state index contributed by atoms with van der Waals surface area (Å²) < 4.78 is 41.4. The van der Waals surface area contributed by atoms with Crippen molar-refractivity contribution in [2.24, 2.45) is 0 Å². The summed E-state index contributed by atoms with van der Waals surface area (Å²) in [4.78, 5) is 8.74. The lowest BCUT2D eigenvalue weighted by atomic mass is 10.2. The topological polar surface area (TPSA) is 89.0 Å². The molecule has 1 heterocycles. The summed E-state index contributed by atoms with van der Waals surface area (Å²) in [5.41, 5.74) is 1.84. The summed E-state index contributed by atoms with van der Waals surface area (Å²) in [5, 5.41) is 0.138. The van der Waals surface area contributed by atoms with Crippen LogP contribution < -0.4 is 4.72 Å². The summed E-state index contributed by atoms with van der Waals surface area (Å²) in [5.74, 6) is 0.0946. The Balaban J connectivity index is 1.79. The highest BCUT2D eigenvalue weighted by Crippen LogP contribution is 2.27. The fourth-order valence-electron chi connectivity index (χ4n) is 2.85. The minimum Gasteiger partial charge on any atom is -0.261 e. The highest BCUT2D eigenvalue weighted by molar-refractivity contribution is 7.93. The molecule has 6 nitrogen and oxygen atoms in total. The van der Waals surface area contributed by atoms with Crippen molar-refractivity contribution in [1.29, 1.82) is 0 Å². The summed E-state index contributed by atoms with van der Waals surface area (Å²) in [6, 6.07) is 22.3. The molecule has 4 rings (SSSR count). The molecule has 152 valence electrons. The zero-order valence-electron chi connectivity index (χ0n) is 15.5. The molecule has 3 aromatic carbocycles. The Morgan fingerprint density at radius 2 is 1.43 bits per heavy atom. The number of hydrogen-bond acceptors (Lipinski definition) is 5. The second-order valence-corrected chi connectivity index (χ2v) is 9.80. The summed E-state index contributed by atoms with van der Waals surface area (Å²) in [6.45, 7) is 0. The van der Waals surface area contributed by atoms with E-state index in [1.165, 1.54) is 12.1 Å². The molecule has 0 bridgehead atoms. The number of para-hydroxylation sites is 2. The van der Waals surface area contributed by atoms with Crippen LogP contribution in [-0.2, 0) is 26.6 Å². The molecule has 30 heavy (non-hydrogen) atoms. The lowest BCUT2D eigenvalue weighted by Crippen LogP contribution is -2.17. The Morgan fingerprint density at radius 1 is 0.833 bits per heavy atom. The van der Waals surface area contributed by atoms with Gasteiger partial charge in [-0.2, -0.15) is 0 Å². The summed E-state index contributed by atoms with van der Waals surface area (Å²) >= 11 is 6.06. The molecule has 1 atom stereocenters. The average molecular weight is 458 g/mol. The van der Waals surface area contributed by atoms with Gasteiger partial charge in [-0.05, 0) is 29.8 Å². The second kappa shape index (κ2) is 8.51. The Labute approximate surface area is 181 Å². The van der Waals surface area contributed by atoms with Crippen LogP contribution in [0.4, 0.5) is 5.82 Å². The maximum absolute atomic E-state index is 13.1. The van der Waals surface area contributed by atoms with E-state index in [4.69, 9.17) is 11.6 Å². The van der Waals surface area contributed by atoms with Crippen LogP contribution in [0.5, 0.6) is 0 Å². The van der Waals surface area contributed by atoms with Crippen LogP contribution in [0.3, 0.4) is 0 Å². The van der Waals surface area contributed by atoms with Crippen molar-refractivity contribution in [3.63, 3.8) is 0 Å². The quantitative estimate of drug-likeness (QED) is 0.463. The molecule has 0 aliphatic heterocycles. The van der Waals surface area contributed by atoms with E-state index >= 15 is 0 Å². The number of benzene rings is 3. The van der Waals surface area contributed by atoms with Crippen LogP contribution >= 0.6 is 11.6 Å². The number of sulfonamides is 1. The van der Waals surface area contributed by atoms with Crippen molar-refractivity contribution in [3.8, 4) is 0 Å². The third-order valence-corrected chi connectivity index (χ3v) is 7.40. The van der Waals surface area contributed by atoms with Gasteiger partial charge < -0.3 is 0 Å². The first kappa shape index (κ1) is 20.5. The smallest absolute Gasteiger partial charge is 0.261 e. The number of fused-ring (bicyclic) bond motifs is 1. The van der Waals surface area contributed by atoms with Crippen molar-refractivity contribution in [2.45, 2.75) is 15.7 Å². The Morgan fingerprint density at radius 3 is 2.13 bits per heavy atom. The molecule has 0 radical (unpaired) electrons. The molecule has 1 aromatic heterocycles. The summed E-state index contributed by atoms with van der Waals surface area (Å²) in [6.07, 6.45) is 0. The van der Waals surface area contributed by atoms with Crippen LogP contribution in [0.2, 0.25) is 5.02 Å². The molecule has 0 saturated heterocycles. The molecule has 1 N–H and O–H groups in total. The first-order valence-corrected chi connectivity index (χ1v) is 12.1. The lowest BCUT2D eigenvalue weighted by Gasteiger charge is -2.13. The maximum atomic E-state index is 13.1. The van der Waals surface area contributed by atoms with Gasteiger partial charge in [0.05, 0.1) is 32.6 Å². The average Bonchev–Trinajstić information content (AvgIpc) is 2.74. The van der Waals surface area contributed by atoms with E-state index in [0.29, 0.717) is 11.0 Å². The predicted molar refractivity (Wildman–Crippen MR) is 118 cm³/mol. The van der Waals surface area contributed by atoms with Gasteiger partial charge in [0.2, 0.25) is 0 Å². The molecular weight excluding hydrogens is 442 g/mol. The third-order valence-electron chi connectivity index (χ3n) is 4.25. The molecular formula is C21H16ClN3O3S2. The van der Waals surface area contributed by atoms with E-state index in [1.54, 1.807) is 36.4 Å². The van der Waals surface area contributed by atoms with E-state index in [9.17, 15) is 12.6 Å². The molecule has 0 fully saturated rings. The zero-order chi connectivity index (χ0) is 21.1. The monoisotopic (exact) mass is 457 g/mol. The normalized spacial score (nSPS) is 12.6. The molecule has 4 aromatic rings. The molecule has 0 amide bonds. The van der Waals surface area contributed by atoms with Gasteiger partial charge in [-0.25, -0.2) is 18.4 Å². The predicted octanol–water partition coefficient (Wildman–Crippen LogP) is 4.39. The fraction of sp³-hybridized carbons (Fsp3) is 0.0476. The maximum Gasteiger partial charge on any atom is 0.264 e. The Bertz CT molecular complexity index is 1350. The molecule has 0 aliphatic carbocycles. The van der Waals surface area contributed by atoms with Gasteiger partial charge in [0.15, 0.2) is 10.8 Å². The summed E-state index contributed by atoms with van der Waals surface area (Å²) in [7, 11) is -5.69. The minimum atomic E-state index is -4.06. The number of rotatable bonds is 6. The van der Waals surface area contributed by atoms with Gasteiger partial charge in [-0.15, -0.1) is 0 Å². The number of aromatic nitrogens is 2. The fourth-order valence-corrected chi connectivity index (χ4v) is 5.59. The third kappa shape index (κ3) is 4.35. The van der Waals surface area contributed by atoms with Crippen LogP contribution in [-0.4, -0.2) is 22.6 Å². The number of anilines is 1. The first-order chi connectivity index (χ1) is 14.4. The number of halogens is 1. The van der Waals surface area contributed by atoms with Crippen molar-refractivity contribution in [1.82, 2.24) is 9.97 Å². The van der Waals surface area contributed by atoms with Gasteiger partial charge in [0, 0.05) is 0 Å². The van der Waals surface area contributed by atoms with Crippen LogP contribution in [0.25, 0.3) is 11.0 Å². The van der Waals surface area contributed by atoms with Gasteiger partial charge in [-0.1, -0.05) is 66.2 Å². The van der Waals surface area contributed by atoms with E-state index in [0.717, 1.165) is 5.56 Å². The van der Waals surface area contributed by atoms with Gasteiger partial charge in [0.25, 0.3) is 10.0 Å². The first-order valence-electron chi connectivity index (χ1n) is 8.90. The van der Waals surface area contributed by atoms with Gasteiger partial charge >= 0.3 is 0 Å². The molecule has 1 unspecified atom stereocenters. The SMILES string of the molecule is O=S(Cc1ccccc1)c1nc2ccccc2nc1NS(=O)(=O)c1ccccc1Cl. The van der Waals surface area contributed by atoms with Crippen LogP contribution in [0, 0.1) is 0 Å². The second-order valence-electron chi connectivity index (χ2n) is 6.38. The highest BCUT2D eigenvalue weighted by Gasteiger charge is 2.23. The van der Waals surface area contributed by atoms with Crippen molar-refractivity contribution < 1.29 is 12.6 Å². The molecule has 0 saturated carbocycles. The highest BCUT2D eigenvalue weighted by atomic mass is 35.5. The van der Waals surface area contributed by atoms with Crippen molar-refractivity contribution in [2.75, 3.05) is 4.72 Å². The number of nitrogens with one attached hydrogen (secondary N) is 1. The van der Waals surface area contributed by atoms with E-state index in [2.05, 4.69) is 14.7 Å². The lowest BCUT2D eigenvalue weighted by molar-refractivity contribution is 0.601. The van der Waals surface area contributed by atoms with Gasteiger partial charge in [-0.3, -0.25) is 8.93 Å². The zero-order valence-corrected chi connectivity index (χ0v) is 17.9. The standard InChI is InChI=1S/C21H16ClN3O3S2/c22-16-10-4-7-13-19(16)30(27,28)25-20-21(24-18-12-6-5-11-17(18)23-20)29(26)14-15-8-2-1-3-9-15/h1-13H,14H2,(H,23,25). The van der Waals surface area contributed by atoms with Gasteiger partial charge in [0.1, 0.15) is 4.90 Å². The minimum absolute atomic E-state index is 0.0631. The van der Waals surface area contributed by atoms with E-state index in [1.807, 2.05) is 30.3 Å². The van der Waals surface area contributed by atoms with Crippen LogP contribution in [0.1, 0.15) is 5.56 Å². The van der Waals surface area contributed by atoms with Crippen molar-refractivity contribution >= 4 is 49.3 Å². The number of nitrogens with zero attached hydrogens (tertiary/aromatic N) is 2. The van der Waals surface area contributed by atoms with Crippen molar-refractivity contribution in [3.05, 3.63) is 89.4 Å². The molecule has 9 heteroatoms. The molecule has 0 spiro atoms. The number of hydrogen-bond donors (Lipinski definition) is 1. The van der Waals surface area contributed by atoms with E-state index < -0.39 is 20.8 Å².